The summed E-state index contributed by atoms with van der Waals surface area (Å²) in [4.78, 5) is 13.1. The van der Waals surface area contributed by atoms with Crippen LogP contribution in [0.5, 0.6) is 0 Å². The summed E-state index contributed by atoms with van der Waals surface area (Å²) in [7, 11) is 0. The highest BCUT2D eigenvalue weighted by Crippen LogP contribution is 2.26. The molecule has 2 aromatic heterocycles. The van der Waals surface area contributed by atoms with Crippen molar-refractivity contribution in [3.8, 4) is 10.7 Å². The smallest absolute Gasteiger partial charge is 0.230 e. The zero-order chi connectivity index (χ0) is 16.2. The second-order valence-corrected chi connectivity index (χ2v) is 7.77. The molecule has 3 N–H and O–H groups in total. The van der Waals surface area contributed by atoms with E-state index in [0.717, 1.165) is 11.3 Å². The van der Waals surface area contributed by atoms with Gasteiger partial charge in [0.25, 0.3) is 0 Å². The molecule has 1 aliphatic carbocycles. The topological polar surface area (TPSA) is 85.8 Å². The lowest BCUT2D eigenvalue weighted by atomic mass is 9.86. The first kappa shape index (κ1) is 16.3. The van der Waals surface area contributed by atoms with Crippen molar-refractivity contribution in [1.29, 1.82) is 0 Å². The quantitative estimate of drug-likeness (QED) is 0.638. The van der Waals surface area contributed by atoms with E-state index in [2.05, 4.69) is 22.4 Å². The molecule has 0 unspecified atom stereocenters. The van der Waals surface area contributed by atoms with Gasteiger partial charge in [0.05, 0.1) is 10.6 Å². The van der Waals surface area contributed by atoms with Gasteiger partial charge in [0, 0.05) is 6.04 Å². The zero-order valence-electron chi connectivity index (χ0n) is 13.1. The van der Waals surface area contributed by atoms with Gasteiger partial charge in [-0.25, -0.2) is 4.68 Å². The molecule has 0 aliphatic heterocycles. The van der Waals surface area contributed by atoms with Crippen molar-refractivity contribution in [2.75, 3.05) is 11.6 Å². The van der Waals surface area contributed by atoms with E-state index in [1.165, 1.54) is 35.7 Å². The van der Waals surface area contributed by atoms with Gasteiger partial charge in [-0.1, -0.05) is 37.6 Å². The van der Waals surface area contributed by atoms with Crippen molar-refractivity contribution in [1.82, 2.24) is 20.2 Å². The molecule has 0 radical (unpaired) electrons. The van der Waals surface area contributed by atoms with Crippen LogP contribution < -0.4 is 11.2 Å². The van der Waals surface area contributed by atoms with Crippen molar-refractivity contribution in [3.63, 3.8) is 0 Å². The number of amides is 1. The first-order valence-electron chi connectivity index (χ1n) is 7.81. The van der Waals surface area contributed by atoms with Gasteiger partial charge in [0.1, 0.15) is 0 Å². The molecule has 0 aromatic carbocycles. The second-order valence-electron chi connectivity index (χ2n) is 5.88. The Kier molecular flexibility index (Phi) is 5.22. The number of thiophene rings is 1. The van der Waals surface area contributed by atoms with Crippen LogP contribution >= 0.6 is 23.1 Å². The molecule has 1 saturated carbocycles. The largest absolute Gasteiger partial charge is 0.352 e. The minimum atomic E-state index is 0.0365. The average molecular weight is 352 g/mol. The standard InChI is InChI=1S/C15H21N5OS2/c1-10-5-2-3-6-11(10)17-13(21)9-23-15-19-18-14(20(15)16)12-7-4-8-22-12/h4,7-8,10-11H,2-3,5-6,9,16H2,1H3,(H,17,21)/t10-,11-/m1/s1. The SMILES string of the molecule is C[C@@H]1CCCC[C@H]1NC(=O)CSc1nnc(-c2cccs2)n1N. The summed E-state index contributed by atoms with van der Waals surface area (Å²) in [6, 6.07) is 4.19. The third-order valence-corrected chi connectivity index (χ3v) is 6.01. The summed E-state index contributed by atoms with van der Waals surface area (Å²) < 4.78 is 1.45. The van der Waals surface area contributed by atoms with Crippen LogP contribution in [0.25, 0.3) is 10.7 Å². The van der Waals surface area contributed by atoms with Crippen LogP contribution in [0.2, 0.25) is 0 Å². The van der Waals surface area contributed by atoms with Crippen molar-refractivity contribution in [2.24, 2.45) is 5.92 Å². The zero-order valence-corrected chi connectivity index (χ0v) is 14.7. The maximum absolute atomic E-state index is 12.1. The second kappa shape index (κ2) is 7.35. The Morgan fingerprint density at radius 2 is 2.30 bits per heavy atom. The van der Waals surface area contributed by atoms with Gasteiger partial charge in [-0.05, 0) is 30.2 Å². The molecule has 6 nitrogen and oxygen atoms in total. The predicted octanol–water partition coefficient (Wildman–Crippen LogP) is 2.51. The normalized spacial score (nSPS) is 21.3. The number of nitrogens with two attached hydrogens (primary N) is 1. The fourth-order valence-electron chi connectivity index (χ4n) is 2.86. The molecule has 2 aromatic rings. The van der Waals surface area contributed by atoms with Gasteiger partial charge in [-0.2, -0.15) is 0 Å². The van der Waals surface area contributed by atoms with Gasteiger partial charge in [0.2, 0.25) is 11.1 Å². The van der Waals surface area contributed by atoms with E-state index < -0.39 is 0 Å². The molecular weight excluding hydrogens is 330 g/mol. The fourth-order valence-corrected chi connectivity index (χ4v) is 4.23. The maximum Gasteiger partial charge on any atom is 0.230 e. The highest BCUT2D eigenvalue weighted by Gasteiger charge is 2.23. The van der Waals surface area contributed by atoms with Crippen molar-refractivity contribution in [2.45, 2.75) is 43.8 Å². The third kappa shape index (κ3) is 3.87. The predicted molar refractivity (Wildman–Crippen MR) is 93.8 cm³/mol. The van der Waals surface area contributed by atoms with Crippen LogP contribution in [0.15, 0.2) is 22.7 Å². The summed E-state index contributed by atoms with van der Waals surface area (Å²) in [5, 5.41) is 13.9. The van der Waals surface area contributed by atoms with Crippen LogP contribution in [0.3, 0.4) is 0 Å². The Labute approximate surface area is 143 Å². The van der Waals surface area contributed by atoms with Crippen LogP contribution in [0.1, 0.15) is 32.6 Å². The van der Waals surface area contributed by atoms with Gasteiger partial charge in [0.15, 0.2) is 5.82 Å². The number of carbonyl (C=O) groups is 1. The Bertz CT molecular complexity index is 655. The summed E-state index contributed by atoms with van der Waals surface area (Å²) in [6.45, 7) is 2.21. The molecule has 1 aliphatic rings. The van der Waals surface area contributed by atoms with Crippen LogP contribution in [0, 0.1) is 5.92 Å². The Hall–Kier alpha value is -1.54. The van der Waals surface area contributed by atoms with Crippen LogP contribution in [-0.4, -0.2) is 32.6 Å². The monoisotopic (exact) mass is 351 g/mol. The van der Waals surface area contributed by atoms with Gasteiger partial charge in [-0.15, -0.1) is 21.5 Å². The molecule has 23 heavy (non-hydrogen) atoms. The average Bonchev–Trinajstić information content (AvgIpc) is 3.17. The fraction of sp³-hybridized carbons (Fsp3) is 0.533. The number of thioether (sulfide) groups is 1. The van der Waals surface area contributed by atoms with Crippen LogP contribution in [-0.2, 0) is 4.79 Å². The molecule has 0 saturated heterocycles. The Morgan fingerprint density at radius 1 is 1.48 bits per heavy atom. The van der Waals surface area contributed by atoms with E-state index in [9.17, 15) is 4.79 Å². The number of nitrogens with one attached hydrogen (secondary N) is 1. The number of aromatic nitrogens is 3. The summed E-state index contributed by atoms with van der Waals surface area (Å²) in [5.74, 6) is 7.56. The summed E-state index contributed by atoms with van der Waals surface area (Å²) >= 11 is 2.88. The molecule has 124 valence electrons. The first-order valence-corrected chi connectivity index (χ1v) is 9.68. The van der Waals surface area contributed by atoms with E-state index in [4.69, 9.17) is 5.84 Å². The molecule has 2 atom stereocenters. The lowest BCUT2D eigenvalue weighted by Crippen LogP contribution is -2.41. The Morgan fingerprint density at radius 3 is 3.04 bits per heavy atom. The number of carbonyl (C=O) groups excluding carboxylic acids is 1. The van der Waals surface area contributed by atoms with Gasteiger partial charge >= 0.3 is 0 Å². The minimum absolute atomic E-state index is 0.0365. The summed E-state index contributed by atoms with van der Waals surface area (Å²) in [5.41, 5.74) is 0. The van der Waals surface area contributed by atoms with E-state index >= 15 is 0 Å². The van der Waals surface area contributed by atoms with Crippen LogP contribution in [0.4, 0.5) is 0 Å². The van der Waals surface area contributed by atoms with Crippen molar-refractivity contribution in [3.05, 3.63) is 17.5 Å². The lowest BCUT2D eigenvalue weighted by Gasteiger charge is -2.29. The molecule has 1 fully saturated rings. The number of nitrogens with zero attached hydrogens (tertiary/aromatic N) is 3. The van der Waals surface area contributed by atoms with Crippen molar-refractivity contribution < 1.29 is 4.79 Å². The number of hydrogen-bond acceptors (Lipinski definition) is 6. The number of hydrogen-bond donors (Lipinski definition) is 2. The number of rotatable bonds is 5. The first-order chi connectivity index (χ1) is 11.1. The Balaban J connectivity index is 1.55. The van der Waals surface area contributed by atoms with E-state index in [-0.39, 0.29) is 5.91 Å². The minimum Gasteiger partial charge on any atom is -0.352 e. The molecule has 8 heteroatoms. The van der Waals surface area contributed by atoms with Gasteiger partial charge < -0.3 is 11.2 Å². The van der Waals surface area contributed by atoms with E-state index in [0.29, 0.717) is 28.7 Å². The van der Waals surface area contributed by atoms with Gasteiger partial charge in [-0.3, -0.25) is 4.79 Å². The molecular formula is C15H21N5OS2. The van der Waals surface area contributed by atoms with Crippen molar-refractivity contribution >= 4 is 29.0 Å². The molecule has 0 bridgehead atoms. The lowest BCUT2D eigenvalue weighted by molar-refractivity contribution is -0.119. The summed E-state index contributed by atoms with van der Waals surface area (Å²) in [6.07, 6.45) is 4.74. The molecule has 0 spiro atoms. The number of nitrogen functional groups attached to an aromatic ring is 1. The molecule has 1 amide bonds. The third-order valence-electron chi connectivity index (χ3n) is 4.20. The van der Waals surface area contributed by atoms with E-state index in [1.807, 2.05) is 17.5 Å². The highest BCUT2D eigenvalue weighted by molar-refractivity contribution is 7.99. The molecule has 2 heterocycles. The maximum atomic E-state index is 12.1. The molecule has 3 rings (SSSR count). The van der Waals surface area contributed by atoms with E-state index in [1.54, 1.807) is 11.3 Å². The highest BCUT2D eigenvalue weighted by atomic mass is 32.2.